The fourth-order valence-corrected chi connectivity index (χ4v) is 2.39. The molecule has 1 unspecified atom stereocenters. The van der Waals surface area contributed by atoms with Crippen molar-refractivity contribution >= 4 is 11.6 Å². The molecule has 1 atom stereocenters. The van der Waals surface area contributed by atoms with Gasteiger partial charge in [0, 0.05) is 12.0 Å². The lowest BCUT2D eigenvalue weighted by molar-refractivity contribution is -0.118. The number of hydrogen-bond acceptors (Lipinski definition) is 4. The summed E-state index contributed by atoms with van der Waals surface area (Å²) in [6, 6.07) is 7.19. The first kappa shape index (κ1) is 12.7. The van der Waals surface area contributed by atoms with Crippen LogP contribution in [0.3, 0.4) is 0 Å². The molecule has 2 aromatic rings. The maximum Gasteiger partial charge on any atom is 0.262 e. The van der Waals surface area contributed by atoms with E-state index in [-0.39, 0.29) is 18.6 Å². The summed E-state index contributed by atoms with van der Waals surface area (Å²) in [6.07, 6.45) is 2.44. The summed E-state index contributed by atoms with van der Waals surface area (Å²) in [6.45, 7) is 2.08. The van der Waals surface area contributed by atoms with Crippen molar-refractivity contribution in [3.8, 4) is 5.75 Å². The number of anilines is 1. The number of aryl methyl sites for hydroxylation is 1. The van der Waals surface area contributed by atoms with Gasteiger partial charge in [-0.3, -0.25) is 4.79 Å². The first-order valence-electron chi connectivity index (χ1n) is 6.57. The van der Waals surface area contributed by atoms with Crippen molar-refractivity contribution in [3.63, 3.8) is 0 Å². The topological polar surface area (TPSA) is 77.5 Å². The van der Waals surface area contributed by atoms with Crippen molar-refractivity contribution < 1.29 is 13.9 Å². The van der Waals surface area contributed by atoms with Crippen LogP contribution in [0.15, 0.2) is 34.9 Å². The Kier molecular flexibility index (Phi) is 3.20. The molecule has 0 aliphatic carbocycles. The number of furan rings is 1. The maximum absolute atomic E-state index is 11.4. The van der Waals surface area contributed by atoms with Gasteiger partial charge in [-0.15, -0.1) is 0 Å². The normalized spacial score (nSPS) is 15.2. The Labute approximate surface area is 116 Å². The van der Waals surface area contributed by atoms with Gasteiger partial charge in [-0.2, -0.15) is 0 Å². The van der Waals surface area contributed by atoms with E-state index in [2.05, 4.69) is 5.32 Å². The molecule has 0 bridgehead atoms. The third-order valence-corrected chi connectivity index (χ3v) is 3.43. The van der Waals surface area contributed by atoms with Crippen LogP contribution in [-0.2, 0) is 11.2 Å². The summed E-state index contributed by atoms with van der Waals surface area (Å²) in [5.74, 6) is 1.40. The van der Waals surface area contributed by atoms with E-state index in [1.807, 2.05) is 31.2 Å². The molecular weight excluding hydrogens is 256 g/mol. The van der Waals surface area contributed by atoms with E-state index in [4.69, 9.17) is 14.9 Å². The molecule has 0 spiro atoms. The predicted molar refractivity (Wildman–Crippen MR) is 74.7 cm³/mol. The Hall–Kier alpha value is -2.27. The molecule has 0 radical (unpaired) electrons. The van der Waals surface area contributed by atoms with E-state index in [1.54, 1.807) is 6.26 Å². The Morgan fingerprint density at radius 2 is 2.25 bits per heavy atom. The van der Waals surface area contributed by atoms with Gasteiger partial charge in [-0.1, -0.05) is 13.0 Å². The standard InChI is InChI=1S/C15H16N2O3/c1-2-12-10(5-6-19-12)15(16)9-3-4-13-11(7-9)17-14(18)8-20-13/h3-7,15H,2,8,16H2,1H3,(H,17,18). The minimum Gasteiger partial charge on any atom is -0.482 e. The highest BCUT2D eigenvalue weighted by atomic mass is 16.5. The number of nitrogens with one attached hydrogen (secondary N) is 1. The van der Waals surface area contributed by atoms with Gasteiger partial charge >= 0.3 is 0 Å². The molecule has 0 saturated carbocycles. The highest BCUT2D eigenvalue weighted by Crippen LogP contribution is 2.32. The van der Waals surface area contributed by atoms with Crippen molar-refractivity contribution in [2.24, 2.45) is 5.73 Å². The van der Waals surface area contributed by atoms with Gasteiger partial charge in [-0.25, -0.2) is 0 Å². The molecule has 5 heteroatoms. The van der Waals surface area contributed by atoms with E-state index in [9.17, 15) is 4.79 Å². The summed E-state index contributed by atoms with van der Waals surface area (Å²) in [5, 5.41) is 2.79. The van der Waals surface area contributed by atoms with Gasteiger partial charge in [-0.05, 0) is 23.8 Å². The fourth-order valence-electron chi connectivity index (χ4n) is 2.39. The molecule has 104 valence electrons. The highest BCUT2D eigenvalue weighted by molar-refractivity contribution is 5.95. The number of nitrogens with two attached hydrogens (primary N) is 1. The minimum absolute atomic E-state index is 0.0557. The zero-order chi connectivity index (χ0) is 14.1. The minimum atomic E-state index is -0.284. The van der Waals surface area contributed by atoms with Gasteiger partial charge in [0.1, 0.15) is 11.5 Å². The summed E-state index contributed by atoms with van der Waals surface area (Å²) in [4.78, 5) is 11.4. The van der Waals surface area contributed by atoms with Crippen LogP contribution >= 0.6 is 0 Å². The number of hydrogen-bond donors (Lipinski definition) is 2. The Morgan fingerprint density at radius 3 is 3.05 bits per heavy atom. The van der Waals surface area contributed by atoms with Crippen molar-refractivity contribution in [2.75, 3.05) is 11.9 Å². The number of benzene rings is 1. The lowest BCUT2D eigenvalue weighted by Crippen LogP contribution is -2.25. The zero-order valence-corrected chi connectivity index (χ0v) is 11.2. The van der Waals surface area contributed by atoms with Crippen molar-refractivity contribution in [2.45, 2.75) is 19.4 Å². The van der Waals surface area contributed by atoms with E-state index >= 15 is 0 Å². The van der Waals surface area contributed by atoms with Crippen LogP contribution < -0.4 is 15.8 Å². The summed E-state index contributed by atoms with van der Waals surface area (Å²) in [5.41, 5.74) is 8.83. The number of ether oxygens (including phenoxy) is 1. The summed E-state index contributed by atoms with van der Waals surface area (Å²) < 4.78 is 10.7. The molecule has 1 aliphatic heterocycles. The zero-order valence-electron chi connectivity index (χ0n) is 11.2. The van der Waals surface area contributed by atoms with E-state index in [1.165, 1.54) is 0 Å². The molecule has 1 aliphatic rings. The van der Waals surface area contributed by atoms with Gasteiger partial charge in [0.25, 0.3) is 5.91 Å². The highest BCUT2D eigenvalue weighted by Gasteiger charge is 2.20. The fraction of sp³-hybridized carbons (Fsp3) is 0.267. The largest absolute Gasteiger partial charge is 0.482 e. The van der Waals surface area contributed by atoms with Gasteiger partial charge in [0.15, 0.2) is 6.61 Å². The number of carbonyl (C=O) groups excluding carboxylic acids is 1. The van der Waals surface area contributed by atoms with Crippen LogP contribution in [0.5, 0.6) is 5.75 Å². The van der Waals surface area contributed by atoms with Crippen LogP contribution in [0.4, 0.5) is 5.69 Å². The van der Waals surface area contributed by atoms with Crippen molar-refractivity contribution in [3.05, 3.63) is 47.4 Å². The first-order chi connectivity index (χ1) is 9.69. The molecule has 3 rings (SSSR count). The quantitative estimate of drug-likeness (QED) is 0.898. The summed E-state index contributed by atoms with van der Waals surface area (Å²) >= 11 is 0. The Balaban J connectivity index is 1.94. The SMILES string of the molecule is CCc1occc1C(N)c1ccc2c(c1)NC(=O)CO2. The number of amides is 1. The average molecular weight is 272 g/mol. The number of carbonyl (C=O) groups is 1. The molecule has 5 nitrogen and oxygen atoms in total. The molecule has 1 amide bonds. The van der Waals surface area contributed by atoms with Crippen molar-refractivity contribution in [1.82, 2.24) is 0 Å². The summed E-state index contributed by atoms with van der Waals surface area (Å²) in [7, 11) is 0. The van der Waals surface area contributed by atoms with Crippen LogP contribution in [0.25, 0.3) is 0 Å². The molecule has 0 fully saturated rings. The van der Waals surface area contributed by atoms with E-state index in [0.717, 1.165) is 23.3 Å². The maximum atomic E-state index is 11.4. The van der Waals surface area contributed by atoms with Crippen LogP contribution in [0.1, 0.15) is 29.9 Å². The van der Waals surface area contributed by atoms with Gasteiger partial charge in [0.05, 0.1) is 18.0 Å². The van der Waals surface area contributed by atoms with Gasteiger partial charge in [0.2, 0.25) is 0 Å². The van der Waals surface area contributed by atoms with Crippen LogP contribution in [0, 0.1) is 0 Å². The molecule has 1 aromatic carbocycles. The second-order valence-electron chi connectivity index (χ2n) is 4.72. The van der Waals surface area contributed by atoms with Crippen molar-refractivity contribution in [1.29, 1.82) is 0 Å². The lowest BCUT2D eigenvalue weighted by atomic mass is 9.98. The van der Waals surface area contributed by atoms with Crippen LogP contribution in [0.2, 0.25) is 0 Å². The molecular formula is C15H16N2O3. The third-order valence-electron chi connectivity index (χ3n) is 3.43. The monoisotopic (exact) mass is 272 g/mol. The lowest BCUT2D eigenvalue weighted by Gasteiger charge is -2.20. The second kappa shape index (κ2) is 5.02. The molecule has 1 aromatic heterocycles. The number of fused-ring (bicyclic) bond motifs is 1. The molecule has 2 heterocycles. The van der Waals surface area contributed by atoms with Gasteiger partial charge < -0.3 is 20.2 Å². The molecule has 3 N–H and O–H groups in total. The predicted octanol–water partition coefficient (Wildman–Crippen LogP) is 2.22. The molecule has 20 heavy (non-hydrogen) atoms. The second-order valence-corrected chi connectivity index (χ2v) is 4.72. The smallest absolute Gasteiger partial charge is 0.262 e. The first-order valence-corrected chi connectivity index (χ1v) is 6.57. The van der Waals surface area contributed by atoms with Crippen LogP contribution in [-0.4, -0.2) is 12.5 Å². The Morgan fingerprint density at radius 1 is 1.40 bits per heavy atom. The number of rotatable bonds is 3. The third kappa shape index (κ3) is 2.16. The Bertz CT molecular complexity index is 648. The molecule has 0 saturated heterocycles. The van der Waals surface area contributed by atoms with E-state index < -0.39 is 0 Å². The van der Waals surface area contributed by atoms with E-state index in [0.29, 0.717) is 11.4 Å². The average Bonchev–Trinajstić information content (AvgIpc) is 2.94.